The topological polar surface area (TPSA) is 73.6 Å². The van der Waals surface area contributed by atoms with Crippen LogP contribution >= 0.6 is 0 Å². The SMILES string of the molecule is COC(=O)N1CC(O)CCC1C#N. The highest BCUT2D eigenvalue weighted by atomic mass is 16.5. The molecule has 0 aliphatic carbocycles. The lowest BCUT2D eigenvalue weighted by Crippen LogP contribution is -2.48. The summed E-state index contributed by atoms with van der Waals surface area (Å²) in [6, 6.07) is 1.54. The molecule has 0 aromatic carbocycles. The van der Waals surface area contributed by atoms with Gasteiger partial charge in [-0.3, -0.25) is 4.90 Å². The minimum Gasteiger partial charge on any atom is -0.453 e. The molecule has 13 heavy (non-hydrogen) atoms. The smallest absolute Gasteiger partial charge is 0.410 e. The number of nitriles is 1. The van der Waals surface area contributed by atoms with E-state index in [1.165, 1.54) is 12.0 Å². The van der Waals surface area contributed by atoms with Gasteiger partial charge in [-0.05, 0) is 12.8 Å². The molecule has 0 saturated carbocycles. The summed E-state index contributed by atoms with van der Waals surface area (Å²) in [5.41, 5.74) is 0. The molecule has 0 spiro atoms. The predicted octanol–water partition coefficient (Wildman–Crippen LogP) is 0.102. The standard InChI is InChI=1S/C8H12N2O3/c1-13-8(12)10-5-7(11)3-2-6(10)4-9/h6-7,11H,2-3,5H2,1H3. The molecular formula is C8H12N2O3. The minimum absolute atomic E-state index is 0.185. The number of piperidine rings is 1. The van der Waals surface area contributed by atoms with Gasteiger partial charge in [0.15, 0.2) is 0 Å². The maximum absolute atomic E-state index is 11.1. The summed E-state index contributed by atoms with van der Waals surface area (Å²) in [5.74, 6) is 0. The lowest BCUT2D eigenvalue weighted by atomic mass is 10.0. The summed E-state index contributed by atoms with van der Waals surface area (Å²) in [6.45, 7) is 0.185. The molecule has 0 aromatic rings. The van der Waals surface area contributed by atoms with Crippen molar-refractivity contribution < 1.29 is 14.6 Å². The van der Waals surface area contributed by atoms with Gasteiger partial charge in [0.25, 0.3) is 0 Å². The number of likely N-dealkylation sites (tertiary alicyclic amines) is 1. The molecule has 1 aliphatic rings. The highest BCUT2D eigenvalue weighted by Gasteiger charge is 2.31. The molecule has 0 aromatic heterocycles. The monoisotopic (exact) mass is 184 g/mol. The Morgan fingerprint density at radius 1 is 1.69 bits per heavy atom. The summed E-state index contributed by atoms with van der Waals surface area (Å²) in [5, 5.41) is 18.0. The Morgan fingerprint density at radius 2 is 2.38 bits per heavy atom. The second-order valence-corrected chi connectivity index (χ2v) is 3.00. The van der Waals surface area contributed by atoms with Crippen LogP contribution in [-0.2, 0) is 4.74 Å². The fraction of sp³-hybridized carbons (Fsp3) is 0.750. The summed E-state index contributed by atoms with van der Waals surface area (Å²) >= 11 is 0. The fourth-order valence-electron chi connectivity index (χ4n) is 1.40. The lowest BCUT2D eigenvalue weighted by Gasteiger charge is -2.32. The number of hydrogen-bond acceptors (Lipinski definition) is 4. The van der Waals surface area contributed by atoms with Crippen molar-refractivity contribution >= 4 is 6.09 Å². The number of amides is 1. The first kappa shape index (κ1) is 9.81. The molecule has 1 rings (SSSR count). The Labute approximate surface area is 76.5 Å². The van der Waals surface area contributed by atoms with E-state index in [1.54, 1.807) is 0 Å². The third-order valence-corrected chi connectivity index (χ3v) is 2.12. The van der Waals surface area contributed by atoms with E-state index in [2.05, 4.69) is 4.74 Å². The Kier molecular flexibility index (Phi) is 3.09. The van der Waals surface area contributed by atoms with Gasteiger partial charge in [0, 0.05) is 0 Å². The molecular weight excluding hydrogens is 172 g/mol. The summed E-state index contributed by atoms with van der Waals surface area (Å²) < 4.78 is 4.49. The number of rotatable bonds is 0. The van der Waals surface area contributed by atoms with Crippen molar-refractivity contribution in [3.63, 3.8) is 0 Å². The quantitative estimate of drug-likeness (QED) is 0.579. The summed E-state index contributed by atoms with van der Waals surface area (Å²) in [6.07, 6.45) is -0.0209. The van der Waals surface area contributed by atoms with Crippen LogP contribution in [0.15, 0.2) is 0 Å². The molecule has 2 unspecified atom stereocenters. The lowest BCUT2D eigenvalue weighted by molar-refractivity contribution is 0.0433. The number of aliphatic hydroxyl groups excluding tert-OH is 1. The molecule has 1 amide bonds. The number of aliphatic hydroxyl groups is 1. The molecule has 1 aliphatic heterocycles. The van der Waals surface area contributed by atoms with E-state index in [9.17, 15) is 9.90 Å². The van der Waals surface area contributed by atoms with Gasteiger partial charge >= 0.3 is 6.09 Å². The number of β-amino-alcohol motifs (C(OH)–C–C–N with tert-alkyl or cyclic N) is 1. The van der Waals surface area contributed by atoms with Crippen LogP contribution in [0.4, 0.5) is 4.79 Å². The summed E-state index contributed by atoms with van der Waals surface area (Å²) in [4.78, 5) is 12.4. The Morgan fingerprint density at radius 3 is 2.92 bits per heavy atom. The van der Waals surface area contributed by atoms with Crippen LogP contribution in [0.5, 0.6) is 0 Å². The van der Waals surface area contributed by atoms with Crippen LogP contribution < -0.4 is 0 Å². The zero-order chi connectivity index (χ0) is 9.84. The Balaban J connectivity index is 2.66. The van der Waals surface area contributed by atoms with Gasteiger partial charge in [0.2, 0.25) is 0 Å². The van der Waals surface area contributed by atoms with E-state index in [1.807, 2.05) is 6.07 Å². The van der Waals surface area contributed by atoms with E-state index in [-0.39, 0.29) is 6.54 Å². The first-order chi connectivity index (χ1) is 6.19. The van der Waals surface area contributed by atoms with Crippen molar-refractivity contribution in [2.24, 2.45) is 0 Å². The molecule has 1 N–H and O–H groups in total. The highest BCUT2D eigenvalue weighted by Crippen LogP contribution is 2.17. The predicted molar refractivity (Wildman–Crippen MR) is 43.8 cm³/mol. The normalized spacial score (nSPS) is 27.9. The van der Waals surface area contributed by atoms with E-state index in [0.717, 1.165) is 0 Å². The number of hydrogen-bond donors (Lipinski definition) is 1. The number of carbonyl (C=O) groups is 1. The maximum atomic E-state index is 11.1. The molecule has 2 atom stereocenters. The van der Waals surface area contributed by atoms with E-state index >= 15 is 0 Å². The molecule has 1 saturated heterocycles. The molecule has 1 fully saturated rings. The van der Waals surface area contributed by atoms with Crippen molar-refractivity contribution in [1.29, 1.82) is 5.26 Å². The van der Waals surface area contributed by atoms with Crippen LogP contribution in [-0.4, -0.2) is 41.9 Å². The molecule has 0 radical (unpaired) electrons. The van der Waals surface area contributed by atoms with Crippen LogP contribution in [0.1, 0.15) is 12.8 Å². The number of carbonyl (C=O) groups excluding carboxylic acids is 1. The average molecular weight is 184 g/mol. The van der Waals surface area contributed by atoms with Gasteiger partial charge < -0.3 is 9.84 Å². The highest BCUT2D eigenvalue weighted by molar-refractivity contribution is 5.68. The Bertz CT molecular complexity index is 236. The van der Waals surface area contributed by atoms with Gasteiger partial charge in [-0.2, -0.15) is 5.26 Å². The van der Waals surface area contributed by atoms with Crippen LogP contribution in [0, 0.1) is 11.3 Å². The third-order valence-electron chi connectivity index (χ3n) is 2.12. The number of ether oxygens (including phenoxy) is 1. The van der Waals surface area contributed by atoms with Crippen LogP contribution in [0.2, 0.25) is 0 Å². The van der Waals surface area contributed by atoms with Crippen molar-refractivity contribution in [3.05, 3.63) is 0 Å². The molecule has 5 heteroatoms. The fourth-order valence-corrected chi connectivity index (χ4v) is 1.40. The second kappa shape index (κ2) is 4.10. The van der Waals surface area contributed by atoms with Gasteiger partial charge in [-0.25, -0.2) is 4.79 Å². The van der Waals surface area contributed by atoms with Gasteiger partial charge in [0.05, 0.1) is 25.8 Å². The maximum Gasteiger partial charge on any atom is 0.410 e. The van der Waals surface area contributed by atoms with Crippen molar-refractivity contribution in [2.75, 3.05) is 13.7 Å². The van der Waals surface area contributed by atoms with Crippen LogP contribution in [0.3, 0.4) is 0 Å². The van der Waals surface area contributed by atoms with E-state index in [0.29, 0.717) is 12.8 Å². The number of methoxy groups -OCH3 is 1. The third kappa shape index (κ3) is 2.10. The van der Waals surface area contributed by atoms with Gasteiger partial charge in [0.1, 0.15) is 6.04 Å². The zero-order valence-electron chi connectivity index (χ0n) is 7.43. The van der Waals surface area contributed by atoms with Crippen LogP contribution in [0.25, 0.3) is 0 Å². The molecule has 5 nitrogen and oxygen atoms in total. The van der Waals surface area contributed by atoms with Crippen molar-refractivity contribution in [3.8, 4) is 6.07 Å². The molecule has 1 heterocycles. The minimum atomic E-state index is -0.551. The number of nitrogens with zero attached hydrogens (tertiary/aromatic N) is 2. The van der Waals surface area contributed by atoms with Crippen molar-refractivity contribution in [2.45, 2.75) is 25.0 Å². The molecule has 72 valence electrons. The first-order valence-corrected chi connectivity index (χ1v) is 4.11. The average Bonchev–Trinajstić information content (AvgIpc) is 2.16. The Hall–Kier alpha value is -1.28. The van der Waals surface area contributed by atoms with Crippen molar-refractivity contribution in [1.82, 2.24) is 4.90 Å². The van der Waals surface area contributed by atoms with E-state index in [4.69, 9.17) is 5.26 Å². The summed E-state index contributed by atoms with van der Waals surface area (Å²) in [7, 11) is 1.26. The van der Waals surface area contributed by atoms with Gasteiger partial charge in [-0.1, -0.05) is 0 Å². The zero-order valence-corrected chi connectivity index (χ0v) is 7.43. The second-order valence-electron chi connectivity index (χ2n) is 3.00. The largest absolute Gasteiger partial charge is 0.453 e. The van der Waals surface area contributed by atoms with E-state index < -0.39 is 18.2 Å². The first-order valence-electron chi connectivity index (χ1n) is 4.11. The van der Waals surface area contributed by atoms with Gasteiger partial charge in [-0.15, -0.1) is 0 Å². The molecule has 0 bridgehead atoms.